The van der Waals surface area contributed by atoms with Gasteiger partial charge in [0.25, 0.3) is 0 Å². The first kappa shape index (κ1) is 9.88. The Labute approximate surface area is 61.6 Å². The summed E-state index contributed by atoms with van der Waals surface area (Å²) in [5.74, 6) is 0. The fourth-order valence-electron chi connectivity index (χ4n) is 0.537. The molecule has 0 atom stereocenters. The van der Waals surface area contributed by atoms with Gasteiger partial charge in [-0.15, -0.1) is 0 Å². The highest BCUT2D eigenvalue weighted by Crippen LogP contribution is 1.91. The molecule has 0 spiro atoms. The Morgan fingerprint density at radius 1 is 1.30 bits per heavy atom. The van der Waals surface area contributed by atoms with Crippen molar-refractivity contribution in [3.63, 3.8) is 0 Å². The normalized spacial score (nSPS) is 10.8. The van der Waals surface area contributed by atoms with Crippen molar-refractivity contribution < 1.29 is 14.9 Å². The topological polar surface area (TPSA) is 49.7 Å². The van der Waals surface area contributed by atoms with E-state index in [2.05, 4.69) is 6.92 Å². The van der Waals surface area contributed by atoms with Gasteiger partial charge in [-0.05, 0) is 6.42 Å². The molecule has 0 saturated carbocycles. The van der Waals surface area contributed by atoms with E-state index in [-0.39, 0.29) is 0 Å². The van der Waals surface area contributed by atoms with Crippen molar-refractivity contribution in [3.8, 4) is 0 Å². The van der Waals surface area contributed by atoms with E-state index in [0.29, 0.717) is 13.0 Å². The van der Waals surface area contributed by atoms with Crippen LogP contribution in [0.5, 0.6) is 0 Å². The summed E-state index contributed by atoms with van der Waals surface area (Å²) < 4.78 is 5.06. The largest absolute Gasteiger partial charge is 0.381 e. The SMILES string of the molecule is CCCCOCCC(O)O. The third-order valence-corrected chi connectivity index (χ3v) is 1.16. The Kier molecular flexibility index (Phi) is 6.91. The summed E-state index contributed by atoms with van der Waals surface area (Å²) in [6.45, 7) is 3.26. The smallest absolute Gasteiger partial charge is 0.153 e. The van der Waals surface area contributed by atoms with Crippen LogP contribution in [0.2, 0.25) is 0 Å². The van der Waals surface area contributed by atoms with Crippen molar-refractivity contribution >= 4 is 0 Å². The molecule has 0 fully saturated rings. The third kappa shape index (κ3) is 7.88. The molecule has 0 bridgehead atoms. The first-order chi connectivity index (χ1) is 4.77. The van der Waals surface area contributed by atoms with Gasteiger partial charge in [0, 0.05) is 13.0 Å². The van der Waals surface area contributed by atoms with Crippen molar-refractivity contribution in [3.05, 3.63) is 0 Å². The molecular formula is C7H16O3. The van der Waals surface area contributed by atoms with Crippen molar-refractivity contribution in [1.29, 1.82) is 0 Å². The summed E-state index contributed by atoms with van der Waals surface area (Å²) in [5, 5.41) is 16.8. The van der Waals surface area contributed by atoms with E-state index in [4.69, 9.17) is 14.9 Å². The zero-order chi connectivity index (χ0) is 7.82. The standard InChI is InChI=1S/C7H16O3/c1-2-3-5-10-6-4-7(8)9/h7-9H,2-6H2,1H3. The van der Waals surface area contributed by atoms with Gasteiger partial charge in [-0.3, -0.25) is 0 Å². The number of hydrogen-bond acceptors (Lipinski definition) is 3. The van der Waals surface area contributed by atoms with Crippen molar-refractivity contribution in [2.45, 2.75) is 32.5 Å². The van der Waals surface area contributed by atoms with Gasteiger partial charge in [-0.25, -0.2) is 0 Å². The lowest BCUT2D eigenvalue weighted by atomic mass is 10.4. The quantitative estimate of drug-likeness (QED) is 0.426. The molecular weight excluding hydrogens is 132 g/mol. The second kappa shape index (κ2) is 6.99. The number of unbranched alkanes of at least 4 members (excludes halogenated alkanes) is 1. The van der Waals surface area contributed by atoms with Crippen molar-refractivity contribution in [1.82, 2.24) is 0 Å². The van der Waals surface area contributed by atoms with E-state index in [0.717, 1.165) is 19.4 Å². The fourth-order valence-corrected chi connectivity index (χ4v) is 0.537. The van der Waals surface area contributed by atoms with Crippen LogP contribution >= 0.6 is 0 Å². The molecule has 3 nitrogen and oxygen atoms in total. The Hall–Kier alpha value is -0.120. The van der Waals surface area contributed by atoms with Crippen LogP contribution in [0.3, 0.4) is 0 Å². The van der Waals surface area contributed by atoms with Crippen molar-refractivity contribution in [2.75, 3.05) is 13.2 Å². The zero-order valence-electron chi connectivity index (χ0n) is 6.42. The highest BCUT2D eigenvalue weighted by atomic mass is 16.5. The van der Waals surface area contributed by atoms with E-state index in [1.807, 2.05) is 0 Å². The summed E-state index contributed by atoms with van der Waals surface area (Å²) in [4.78, 5) is 0. The molecule has 10 heavy (non-hydrogen) atoms. The van der Waals surface area contributed by atoms with Crippen LogP contribution in [0.4, 0.5) is 0 Å². The molecule has 0 aliphatic carbocycles. The molecule has 0 aliphatic heterocycles. The Morgan fingerprint density at radius 3 is 2.50 bits per heavy atom. The van der Waals surface area contributed by atoms with Crippen LogP contribution in [0.15, 0.2) is 0 Å². The highest BCUT2D eigenvalue weighted by Gasteiger charge is 1.95. The lowest BCUT2D eigenvalue weighted by Gasteiger charge is -2.03. The van der Waals surface area contributed by atoms with Crippen LogP contribution in [0.1, 0.15) is 26.2 Å². The van der Waals surface area contributed by atoms with E-state index in [1.54, 1.807) is 0 Å². The maximum atomic E-state index is 8.38. The molecule has 0 aromatic rings. The average molecular weight is 148 g/mol. The molecule has 0 heterocycles. The lowest BCUT2D eigenvalue weighted by molar-refractivity contribution is -0.0611. The Bertz CT molecular complexity index is 63.9. The van der Waals surface area contributed by atoms with Crippen molar-refractivity contribution in [2.24, 2.45) is 0 Å². The molecule has 0 aromatic carbocycles. The van der Waals surface area contributed by atoms with Gasteiger partial charge in [0.05, 0.1) is 6.61 Å². The van der Waals surface area contributed by atoms with Gasteiger partial charge in [-0.2, -0.15) is 0 Å². The number of aliphatic hydroxyl groups excluding tert-OH is 1. The van der Waals surface area contributed by atoms with E-state index >= 15 is 0 Å². The summed E-state index contributed by atoms with van der Waals surface area (Å²) in [7, 11) is 0. The molecule has 0 amide bonds. The summed E-state index contributed by atoms with van der Waals surface area (Å²) in [6, 6.07) is 0. The third-order valence-electron chi connectivity index (χ3n) is 1.16. The molecule has 0 radical (unpaired) electrons. The summed E-state index contributed by atoms with van der Waals surface area (Å²) in [5.41, 5.74) is 0. The number of ether oxygens (including phenoxy) is 1. The molecule has 62 valence electrons. The van der Waals surface area contributed by atoms with Crippen LogP contribution in [-0.4, -0.2) is 29.7 Å². The summed E-state index contributed by atoms with van der Waals surface area (Å²) in [6.07, 6.45) is 1.24. The number of hydrogen-bond donors (Lipinski definition) is 2. The second-order valence-electron chi connectivity index (χ2n) is 2.24. The number of aliphatic hydroxyl groups is 2. The van der Waals surface area contributed by atoms with Crippen LogP contribution in [-0.2, 0) is 4.74 Å². The van der Waals surface area contributed by atoms with Gasteiger partial charge < -0.3 is 14.9 Å². The van der Waals surface area contributed by atoms with E-state index in [9.17, 15) is 0 Å². The fraction of sp³-hybridized carbons (Fsp3) is 1.00. The molecule has 0 saturated heterocycles. The maximum absolute atomic E-state index is 8.38. The average Bonchev–Trinajstić information content (AvgIpc) is 1.87. The van der Waals surface area contributed by atoms with Gasteiger partial charge in [0.15, 0.2) is 6.29 Å². The highest BCUT2D eigenvalue weighted by molar-refractivity contribution is 4.37. The Morgan fingerprint density at radius 2 is 2.00 bits per heavy atom. The summed E-state index contributed by atoms with van der Waals surface area (Å²) >= 11 is 0. The van der Waals surface area contributed by atoms with Gasteiger partial charge in [-0.1, -0.05) is 13.3 Å². The van der Waals surface area contributed by atoms with Gasteiger partial charge in [0.1, 0.15) is 0 Å². The van der Waals surface area contributed by atoms with E-state index in [1.165, 1.54) is 0 Å². The first-order valence-corrected chi connectivity index (χ1v) is 3.71. The van der Waals surface area contributed by atoms with Crippen LogP contribution < -0.4 is 0 Å². The molecule has 2 N–H and O–H groups in total. The maximum Gasteiger partial charge on any atom is 0.153 e. The molecule has 0 rings (SSSR count). The minimum Gasteiger partial charge on any atom is -0.381 e. The minimum atomic E-state index is -1.22. The molecule has 0 aromatic heterocycles. The van der Waals surface area contributed by atoms with Gasteiger partial charge >= 0.3 is 0 Å². The molecule has 0 aliphatic rings. The van der Waals surface area contributed by atoms with Gasteiger partial charge in [0.2, 0.25) is 0 Å². The van der Waals surface area contributed by atoms with Crippen LogP contribution in [0.25, 0.3) is 0 Å². The lowest BCUT2D eigenvalue weighted by Crippen LogP contribution is -2.09. The molecule has 3 heteroatoms. The second-order valence-corrected chi connectivity index (χ2v) is 2.24. The predicted molar refractivity (Wildman–Crippen MR) is 38.6 cm³/mol. The molecule has 0 unspecified atom stereocenters. The van der Waals surface area contributed by atoms with E-state index < -0.39 is 6.29 Å². The number of rotatable bonds is 6. The predicted octanol–water partition coefficient (Wildman–Crippen LogP) is 0.504. The monoisotopic (exact) mass is 148 g/mol. The zero-order valence-corrected chi connectivity index (χ0v) is 6.42. The first-order valence-electron chi connectivity index (χ1n) is 3.71. The Balaban J connectivity index is 2.77. The minimum absolute atomic E-state index is 0.309. The van der Waals surface area contributed by atoms with Crippen LogP contribution in [0, 0.1) is 0 Å².